The highest BCUT2D eigenvalue weighted by molar-refractivity contribution is 7.92. The van der Waals surface area contributed by atoms with Crippen molar-refractivity contribution in [3.8, 4) is 11.5 Å². The molecular weight excluding hydrogens is 410 g/mol. The van der Waals surface area contributed by atoms with E-state index in [1.165, 1.54) is 10.6 Å². The minimum atomic E-state index is -3.36. The number of anilines is 2. The predicted octanol–water partition coefficient (Wildman–Crippen LogP) is 1.38. The summed E-state index contributed by atoms with van der Waals surface area (Å²) in [5, 5.41) is 5.12. The second-order valence-corrected chi connectivity index (χ2v) is 9.01. The van der Waals surface area contributed by atoms with Crippen molar-refractivity contribution in [1.82, 2.24) is 5.32 Å². The third kappa shape index (κ3) is 4.18. The third-order valence-corrected chi connectivity index (χ3v) is 6.09. The summed E-state index contributed by atoms with van der Waals surface area (Å²) >= 11 is 0. The van der Waals surface area contributed by atoms with E-state index in [-0.39, 0.29) is 13.3 Å². The maximum Gasteiger partial charge on any atom is 0.313 e. The smallest absolute Gasteiger partial charge is 0.313 e. The van der Waals surface area contributed by atoms with Gasteiger partial charge in [0.15, 0.2) is 11.5 Å². The summed E-state index contributed by atoms with van der Waals surface area (Å²) in [6, 6.07) is 10.2. The van der Waals surface area contributed by atoms with Crippen LogP contribution in [0.2, 0.25) is 0 Å². The highest BCUT2D eigenvalue weighted by atomic mass is 32.2. The van der Waals surface area contributed by atoms with Crippen molar-refractivity contribution in [3.05, 3.63) is 47.5 Å². The van der Waals surface area contributed by atoms with Gasteiger partial charge < -0.3 is 20.1 Å². The van der Waals surface area contributed by atoms with E-state index in [4.69, 9.17) is 9.47 Å². The van der Waals surface area contributed by atoms with Crippen LogP contribution in [-0.2, 0) is 32.6 Å². The quantitative estimate of drug-likeness (QED) is 0.707. The molecule has 0 unspecified atom stereocenters. The van der Waals surface area contributed by atoms with E-state index < -0.39 is 21.8 Å². The molecule has 2 heterocycles. The Balaban J connectivity index is 1.38. The lowest BCUT2D eigenvalue weighted by Gasteiger charge is -2.29. The van der Waals surface area contributed by atoms with Crippen LogP contribution in [0.4, 0.5) is 11.4 Å². The van der Waals surface area contributed by atoms with E-state index in [0.717, 1.165) is 11.1 Å². The van der Waals surface area contributed by atoms with E-state index in [0.29, 0.717) is 42.3 Å². The van der Waals surface area contributed by atoms with Crippen molar-refractivity contribution in [3.63, 3.8) is 0 Å². The first-order valence-corrected chi connectivity index (χ1v) is 11.2. The number of benzene rings is 2. The van der Waals surface area contributed by atoms with Gasteiger partial charge in [0.05, 0.1) is 11.9 Å². The molecule has 0 aliphatic carbocycles. The lowest BCUT2D eigenvalue weighted by atomic mass is 10.0. The van der Waals surface area contributed by atoms with Gasteiger partial charge in [-0.05, 0) is 54.3 Å². The lowest BCUT2D eigenvalue weighted by molar-refractivity contribution is -0.136. The zero-order valence-corrected chi connectivity index (χ0v) is 17.1. The molecule has 10 heteroatoms. The number of sulfonamides is 1. The van der Waals surface area contributed by atoms with Crippen molar-refractivity contribution >= 4 is 33.2 Å². The fraction of sp³-hybridized carbons (Fsp3) is 0.300. The molecule has 158 valence electrons. The molecule has 30 heavy (non-hydrogen) atoms. The molecule has 2 amide bonds. The second-order valence-electron chi connectivity index (χ2n) is 7.11. The molecule has 2 aliphatic heterocycles. The van der Waals surface area contributed by atoms with Gasteiger partial charge >= 0.3 is 11.8 Å². The predicted molar refractivity (Wildman–Crippen MR) is 110 cm³/mol. The largest absolute Gasteiger partial charge is 0.454 e. The molecule has 0 aromatic heterocycles. The first-order valence-electron chi connectivity index (χ1n) is 9.39. The number of fused-ring (bicyclic) bond motifs is 2. The van der Waals surface area contributed by atoms with Gasteiger partial charge in [-0.25, -0.2) is 8.42 Å². The molecule has 2 aliphatic rings. The molecule has 2 aromatic rings. The van der Waals surface area contributed by atoms with Crippen LogP contribution in [0.3, 0.4) is 0 Å². The van der Waals surface area contributed by atoms with E-state index >= 15 is 0 Å². The Kier molecular flexibility index (Phi) is 5.25. The number of aryl methyl sites for hydroxylation is 1. The number of ether oxygens (including phenoxy) is 2. The van der Waals surface area contributed by atoms with Gasteiger partial charge in [0.1, 0.15) is 0 Å². The van der Waals surface area contributed by atoms with Gasteiger partial charge in [-0.1, -0.05) is 6.07 Å². The van der Waals surface area contributed by atoms with Crippen LogP contribution in [0.5, 0.6) is 11.5 Å². The fourth-order valence-electron chi connectivity index (χ4n) is 3.49. The van der Waals surface area contributed by atoms with E-state index in [9.17, 15) is 18.0 Å². The molecule has 0 radical (unpaired) electrons. The minimum absolute atomic E-state index is 0.163. The van der Waals surface area contributed by atoms with Gasteiger partial charge in [-0.15, -0.1) is 0 Å². The van der Waals surface area contributed by atoms with Crippen LogP contribution in [0.25, 0.3) is 0 Å². The van der Waals surface area contributed by atoms with Crippen LogP contribution in [0, 0.1) is 0 Å². The molecule has 0 atom stereocenters. The SMILES string of the molecule is CS(=O)(=O)N1CCCc2cc(NC(=O)C(=O)NCc3ccc4c(c3)OCO4)ccc21. The molecule has 2 N–H and O–H groups in total. The fourth-order valence-corrected chi connectivity index (χ4v) is 4.48. The van der Waals surface area contributed by atoms with E-state index in [1.54, 1.807) is 36.4 Å². The Hall–Kier alpha value is -3.27. The van der Waals surface area contributed by atoms with Crippen molar-refractivity contribution in [2.75, 3.05) is 29.2 Å². The number of carbonyl (C=O) groups is 2. The first-order chi connectivity index (χ1) is 14.3. The van der Waals surface area contributed by atoms with Crippen molar-refractivity contribution in [2.45, 2.75) is 19.4 Å². The summed E-state index contributed by atoms with van der Waals surface area (Å²) < 4.78 is 35.8. The average Bonchev–Trinajstić information content (AvgIpc) is 3.18. The molecule has 2 aromatic carbocycles. The normalized spacial score (nSPS) is 14.8. The topological polar surface area (TPSA) is 114 Å². The first kappa shape index (κ1) is 20.0. The summed E-state index contributed by atoms with van der Waals surface area (Å²) in [7, 11) is -3.36. The summed E-state index contributed by atoms with van der Waals surface area (Å²) in [6.07, 6.45) is 2.55. The molecule has 0 spiro atoms. The van der Waals surface area contributed by atoms with E-state index in [2.05, 4.69) is 10.6 Å². The number of amides is 2. The maximum atomic E-state index is 12.2. The Morgan fingerprint density at radius 1 is 1.07 bits per heavy atom. The minimum Gasteiger partial charge on any atom is -0.454 e. The highest BCUT2D eigenvalue weighted by Gasteiger charge is 2.24. The molecule has 0 saturated carbocycles. The number of rotatable bonds is 4. The van der Waals surface area contributed by atoms with Crippen molar-refractivity contribution in [2.24, 2.45) is 0 Å². The number of hydrogen-bond donors (Lipinski definition) is 2. The van der Waals surface area contributed by atoms with Crippen LogP contribution in [0.1, 0.15) is 17.5 Å². The summed E-state index contributed by atoms with van der Waals surface area (Å²) in [5.41, 5.74) is 2.63. The van der Waals surface area contributed by atoms with Gasteiger partial charge in [0.2, 0.25) is 16.8 Å². The zero-order chi connectivity index (χ0) is 21.3. The van der Waals surface area contributed by atoms with E-state index in [1.807, 2.05) is 0 Å². The number of hydrogen-bond acceptors (Lipinski definition) is 6. The number of nitrogens with zero attached hydrogens (tertiary/aromatic N) is 1. The summed E-state index contributed by atoms with van der Waals surface area (Å²) in [6.45, 7) is 0.756. The molecule has 0 bridgehead atoms. The van der Waals surface area contributed by atoms with Crippen LogP contribution < -0.4 is 24.4 Å². The summed E-state index contributed by atoms with van der Waals surface area (Å²) in [5.74, 6) is -0.331. The Morgan fingerprint density at radius 2 is 1.87 bits per heavy atom. The monoisotopic (exact) mass is 431 g/mol. The Bertz CT molecular complexity index is 1120. The van der Waals surface area contributed by atoms with Crippen LogP contribution >= 0.6 is 0 Å². The summed E-state index contributed by atoms with van der Waals surface area (Å²) in [4.78, 5) is 24.4. The molecule has 0 fully saturated rings. The number of nitrogens with one attached hydrogen (secondary N) is 2. The second kappa shape index (κ2) is 7.86. The van der Waals surface area contributed by atoms with Crippen LogP contribution in [-0.4, -0.2) is 39.8 Å². The Morgan fingerprint density at radius 3 is 2.67 bits per heavy atom. The highest BCUT2D eigenvalue weighted by Crippen LogP contribution is 2.33. The molecule has 4 rings (SSSR count). The number of carbonyl (C=O) groups excluding carboxylic acids is 2. The standard InChI is InChI=1S/C20H21N3O6S/c1-30(26,27)23-8-2-3-14-10-15(5-6-16(14)23)22-20(25)19(24)21-11-13-4-7-17-18(9-13)29-12-28-17/h4-7,9-10H,2-3,8,11-12H2,1H3,(H,21,24)(H,22,25). The Labute approximate surface area is 174 Å². The maximum absolute atomic E-state index is 12.2. The third-order valence-electron chi connectivity index (χ3n) is 4.91. The lowest BCUT2D eigenvalue weighted by Crippen LogP contribution is -2.35. The van der Waals surface area contributed by atoms with Gasteiger partial charge in [-0.3, -0.25) is 13.9 Å². The molecule has 0 saturated heterocycles. The molecular formula is C20H21N3O6S. The molecule has 9 nitrogen and oxygen atoms in total. The van der Waals surface area contributed by atoms with Crippen molar-refractivity contribution < 1.29 is 27.5 Å². The van der Waals surface area contributed by atoms with Gasteiger partial charge in [-0.2, -0.15) is 0 Å². The zero-order valence-electron chi connectivity index (χ0n) is 16.3. The van der Waals surface area contributed by atoms with Crippen LogP contribution in [0.15, 0.2) is 36.4 Å². The van der Waals surface area contributed by atoms with Gasteiger partial charge in [0.25, 0.3) is 0 Å². The van der Waals surface area contributed by atoms with Gasteiger partial charge in [0, 0.05) is 18.8 Å². The van der Waals surface area contributed by atoms with Crippen molar-refractivity contribution in [1.29, 1.82) is 0 Å². The average molecular weight is 431 g/mol.